The van der Waals surface area contributed by atoms with Gasteiger partial charge < -0.3 is 15.4 Å². The lowest BCUT2D eigenvalue weighted by Gasteiger charge is -2.39. The van der Waals surface area contributed by atoms with Crippen LogP contribution < -0.4 is 16.2 Å². The van der Waals surface area contributed by atoms with Gasteiger partial charge in [-0.2, -0.15) is 4.98 Å². The Morgan fingerprint density at radius 2 is 1.97 bits per heavy atom. The summed E-state index contributed by atoms with van der Waals surface area (Å²) in [6, 6.07) is 2.38. The molecule has 3 N–H and O–H groups in total. The minimum atomic E-state index is -0.764. The highest BCUT2D eigenvalue weighted by molar-refractivity contribution is 6.44. The molecule has 2 fully saturated rings. The Hall–Kier alpha value is -2.16. The molecule has 0 atom stereocenters. The zero-order chi connectivity index (χ0) is 21.6. The van der Waals surface area contributed by atoms with E-state index < -0.39 is 17.1 Å². The fraction of sp³-hybridized carbons (Fsp3) is 0.450. The number of anilines is 2. The Morgan fingerprint density at radius 1 is 1.27 bits per heavy atom. The average Bonchev–Trinajstić information content (AvgIpc) is 3.17. The van der Waals surface area contributed by atoms with Gasteiger partial charge in [-0.05, 0) is 36.8 Å². The number of hydrogen-bond acceptors (Lipinski definition) is 6. The van der Waals surface area contributed by atoms with Crippen LogP contribution in [-0.4, -0.2) is 41.6 Å². The Balaban J connectivity index is 1.68. The van der Waals surface area contributed by atoms with E-state index in [2.05, 4.69) is 4.98 Å². The first kappa shape index (κ1) is 21.1. The summed E-state index contributed by atoms with van der Waals surface area (Å²) in [6.45, 7) is 3.03. The number of hydrogen-bond donors (Lipinski definition) is 2. The van der Waals surface area contributed by atoms with E-state index in [9.17, 15) is 9.18 Å². The number of ether oxygens (including phenoxy) is 1. The molecule has 30 heavy (non-hydrogen) atoms. The molecule has 0 bridgehead atoms. The van der Waals surface area contributed by atoms with Gasteiger partial charge in [-0.1, -0.05) is 23.2 Å². The number of nitrogen functional groups attached to an aromatic ring is 1. The third-order valence-electron chi connectivity index (χ3n) is 6.13. The van der Waals surface area contributed by atoms with Crippen LogP contribution in [-0.2, 0) is 11.8 Å². The van der Waals surface area contributed by atoms with Crippen molar-refractivity contribution in [3.8, 4) is 0 Å². The van der Waals surface area contributed by atoms with Gasteiger partial charge >= 0.3 is 0 Å². The minimum absolute atomic E-state index is 0.0796. The second-order valence-corrected chi connectivity index (χ2v) is 8.70. The molecule has 160 valence electrons. The summed E-state index contributed by atoms with van der Waals surface area (Å²) in [5.74, 6) is -0.474. The van der Waals surface area contributed by atoms with Crippen LogP contribution in [0.3, 0.4) is 0 Å². The van der Waals surface area contributed by atoms with E-state index in [0.717, 1.165) is 51.6 Å². The van der Waals surface area contributed by atoms with E-state index in [1.165, 1.54) is 10.6 Å². The number of benzene rings is 1. The Labute approximate surface area is 183 Å². The lowest BCUT2D eigenvalue weighted by atomic mass is 9.78. The van der Waals surface area contributed by atoms with Crippen LogP contribution in [0.1, 0.15) is 30.4 Å². The predicted octanol–water partition coefficient (Wildman–Crippen LogP) is 3.23. The normalized spacial score (nSPS) is 18.2. The first-order chi connectivity index (χ1) is 14.2. The molecule has 0 saturated carbocycles. The molecule has 10 heteroatoms. The molecule has 0 amide bonds. The van der Waals surface area contributed by atoms with Crippen molar-refractivity contribution in [3.63, 3.8) is 0 Å². The summed E-state index contributed by atoms with van der Waals surface area (Å²) in [6.07, 6.45) is 2.95. The quantitative estimate of drug-likeness (QED) is 0.549. The molecule has 1 spiro atoms. The molecule has 1 aromatic heterocycles. The van der Waals surface area contributed by atoms with E-state index in [1.807, 2.05) is 4.90 Å². The molecule has 0 aliphatic carbocycles. The number of nitrogens with two attached hydrogens (primary N) is 1. The zero-order valence-electron chi connectivity index (χ0n) is 16.5. The lowest BCUT2D eigenvalue weighted by Crippen LogP contribution is -2.43. The highest BCUT2D eigenvalue weighted by Crippen LogP contribution is 2.40. The standard InChI is InChI=1S/C20H22Cl2FN5O2/c1-27-18(29)14(16(24)13-12(23)3-2-11(21)15(13)22)17(25)26-19(27)28-7-4-20(5-8-28)6-9-30-10-20/h2-3,24H,4-10,25H2,1H3. The monoisotopic (exact) mass is 453 g/mol. The lowest BCUT2D eigenvalue weighted by molar-refractivity contribution is 0.133. The molecule has 2 aromatic rings. The molecular formula is C20H22Cl2FN5O2. The van der Waals surface area contributed by atoms with E-state index in [-0.39, 0.29) is 32.4 Å². The van der Waals surface area contributed by atoms with Crippen molar-refractivity contribution in [2.24, 2.45) is 12.5 Å². The maximum atomic E-state index is 14.4. The van der Waals surface area contributed by atoms with Crippen LogP contribution in [0.5, 0.6) is 0 Å². The van der Waals surface area contributed by atoms with Gasteiger partial charge in [-0.3, -0.25) is 14.8 Å². The molecule has 0 unspecified atom stereocenters. The summed E-state index contributed by atoms with van der Waals surface area (Å²) in [7, 11) is 1.57. The molecule has 2 aliphatic heterocycles. The fourth-order valence-electron chi connectivity index (χ4n) is 4.23. The van der Waals surface area contributed by atoms with Gasteiger partial charge in [0, 0.05) is 26.7 Å². The SMILES string of the molecule is Cn1c(N2CCC3(CCOC3)CC2)nc(N)c(C(=N)c2c(F)ccc(Cl)c2Cl)c1=O. The van der Waals surface area contributed by atoms with Crippen LogP contribution in [0.25, 0.3) is 0 Å². The van der Waals surface area contributed by atoms with Gasteiger partial charge in [0.05, 0.1) is 27.9 Å². The second kappa shape index (κ2) is 7.83. The first-order valence-electron chi connectivity index (χ1n) is 9.66. The van der Waals surface area contributed by atoms with Crippen molar-refractivity contribution in [2.45, 2.75) is 19.3 Å². The molecule has 2 aliphatic rings. The largest absolute Gasteiger partial charge is 0.383 e. The number of piperidine rings is 1. The summed E-state index contributed by atoms with van der Waals surface area (Å²) in [5.41, 5.74) is 4.82. The van der Waals surface area contributed by atoms with Gasteiger partial charge in [0.25, 0.3) is 5.56 Å². The maximum absolute atomic E-state index is 14.4. The second-order valence-electron chi connectivity index (χ2n) is 7.92. The molecule has 1 aromatic carbocycles. The smallest absolute Gasteiger partial charge is 0.266 e. The maximum Gasteiger partial charge on any atom is 0.266 e. The van der Waals surface area contributed by atoms with E-state index >= 15 is 0 Å². The number of halogens is 3. The van der Waals surface area contributed by atoms with Crippen LogP contribution >= 0.6 is 23.2 Å². The van der Waals surface area contributed by atoms with Crippen LogP contribution in [0, 0.1) is 16.6 Å². The van der Waals surface area contributed by atoms with Crippen LogP contribution in [0.4, 0.5) is 16.2 Å². The first-order valence-corrected chi connectivity index (χ1v) is 10.4. The van der Waals surface area contributed by atoms with E-state index in [4.69, 9.17) is 39.1 Å². The summed E-state index contributed by atoms with van der Waals surface area (Å²) < 4.78 is 21.3. The zero-order valence-corrected chi connectivity index (χ0v) is 18.0. The Morgan fingerprint density at radius 3 is 2.60 bits per heavy atom. The summed E-state index contributed by atoms with van der Waals surface area (Å²) in [4.78, 5) is 19.5. The minimum Gasteiger partial charge on any atom is -0.383 e. The van der Waals surface area contributed by atoms with Gasteiger partial charge in [-0.15, -0.1) is 0 Å². The Kier molecular flexibility index (Phi) is 5.50. The molecule has 2 saturated heterocycles. The number of nitrogens with one attached hydrogen (secondary N) is 1. The van der Waals surface area contributed by atoms with Crippen molar-refractivity contribution in [1.29, 1.82) is 5.41 Å². The molecular weight excluding hydrogens is 432 g/mol. The van der Waals surface area contributed by atoms with E-state index in [0.29, 0.717) is 5.95 Å². The van der Waals surface area contributed by atoms with Crippen molar-refractivity contribution >= 4 is 40.7 Å². The Bertz CT molecular complexity index is 1070. The number of aromatic nitrogens is 2. The number of rotatable bonds is 3. The summed E-state index contributed by atoms with van der Waals surface area (Å²) >= 11 is 12.1. The van der Waals surface area contributed by atoms with Gasteiger partial charge in [0.1, 0.15) is 17.2 Å². The third-order valence-corrected chi connectivity index (χ3v) is 6.94. The van der Waals surface area contributed by atoms with Crippen molar-refractivity contribution < 1.29 is 9.13 Å². The molecule has 7 nitrogen and oxygen atoms in total. The predicted molar refractivity (Wildman–Crippen MR) is 116 cm³/mol. The molecule has 0 radical (unpaired) electrons. The van der Waals surface area contributed by atoms with Crippen molar-refractivity contribution in [3.05, 3.63) is 49.5 Å². The fourth-order valence-corrected chi connectivity index (χ4v) is 4.64. The molecule has 3 heterocycles. The van der Waals surface area contributed by atoms with Crippen LogP contribution in [0.2, 0.25) is 10.0 Å². The summed E-state index contributed by atoms with van der Waals surface area (Å²) in [5, 5.41) is 8.34. The van der Waals surface area contributed by atoms with Crippen molar-refractivity contribution in [1.82, 2.24) is 9.55 Å². The van der Waals surface area contributed by atoms with Gasteiger partial charge in [-0.25, -0.2) is 4.39 Å². The van der Waals surface area contributed by atoms with Crippen molar-refractivity contribution in [2.75, 3.05) is 36.9 Å². The topological polar surface area (TPSA) is 97.2 Å². The third kappa shape index (κ3) is 3.46. The van der Waals surface area contributed by atoms with Gasteiger partial charge in [0.2, 0.25) is 5.95 Å². The van der Waals surface area contributed by atoms with Crippen LogP contribution in [0.15, 0.2) is 16.9 Å². The number of nitrogens with zero attached hydrogens (tertiary/aromatic N) is 3. The highest BCUT2D eigenvalue weighted by atomic mass is 35.5. The highest BCUT2D eigenvalue weighted by Gasteiger charge is 2.39. The van der Waals surface area contributed by atoms with E-state index in [1.54, 1.807) is 7.05 Å². The van der Waals surface area contributed by atoms with Gasteiger partial charge in [0.15, 0.2) is 0 Å². The molecule has 4 rings (SSSR count). The average molecular weight is 454 g/mol.